The van der Waals surface area contributed by atoms with Gasteiger partial charge >= 0.3 is 0 Å². The molecule has 1 aliphatic rings. The molecule has 126 valence electrons. The van der Waals surface area contributed by atoms with Gasteiger partial charge in [-0.2, -0.15) is 0 Å². The lowest BCUT2D eigenvalue weighted by Crippen LogP contribution is -2.44. The summed E-state index contributed by atoms with van der Waals surface area (Å²) in [6, 6.07) is 12.6. The number of carbonyl (C=O) groups excluding carboxylic acids is 1. The van der Waals surface area contributed by atoms with E-state index in [0.717, 1.165) is 50.0 Å². The van der Waals surface area contributed by atoms with E-state index in [1.165, 1.54) is 5.56 Å². The number of nitrogens with one attached hydrogen (secondary N) is 1. The molecular weight excluding hydrogens is 298 g/mol. The van der Waals surface area contributed by atoms with Gasteiger partial charge in [-0.3, -0.25) is 14.7 Å². The molecule has 4 nitrogen and oxygen atoms in total. The molecule has 4 heteroatoms. The highest BCUT2D eigenvalue weighted by Gasteiger charge is 2.21. The van der Waals surface area contributed by atoms with E-state index >= 15 is 0 Å². The molecule has 0 radical (unpaired) electrons. The Morgan fingerprint density at radius 2 is 1.96 bits per heavy atom. The average molecular weight is 323 g/mol. The van der Waals surface area contributed by atoms with E-state index in [1.54, 1.807) is 12.4 Å². The lowest BCUT2D eigenvalue weighted by Gasteiger charge is -2.32. The number of nitrogens with zero attached hydrogens (tertiary/aromatic N) is 2. The van der Waals surface area contributed by atoms with Gasteiger partial charge < -0.3 is 5.32 Å². The molecule has 2 heterocycles. The Morgan fingerprint density at radius 3 is 2.67 bits per heavy atom. The number of aromatic nitrogens is 1. The Kier molecular flexibility index (Phi) is 5.59. The molecule has 0 saturated carbocycles. The van der Waals surface area contributed by atoms with Crippen molar-refractivity contribution in [3.05, 3.63) is 65.5 Å². The topological polar surface area (TPSA) is 45.2 Å². The summed E-state index contributed by atoms with van der Waals surface area (Å²) in [5.41, 5.74) is 3.13. The fourth-order valence-corrected chi connectivity index (χ4v) is 3.27. The van der Waals surface area contributed by atoms with Gasteiger partial charge in [-0.25, -0.2) is 0 Å². The number of benzene rings is 1. The van der Waals surface area contributed by atoms with E-state index in [0.29, 0.717) is 0 Å². The van der Waals surface area contributed by atoms with Crippen molar-refractivity contribution in [2.45, 2.75) is 38.8 Å². The SMILES string of the molecule is CCc1cnccc1C(=O)NC1CCN(Cc2ccccc2)CC1. The van der Waals surface area contributed by atoms with Crippen LogP contribution < -0.4 is 5.32 Å². The zero-order chi connectivity index (χ0) is 16.8. The number of aryl methyl sites for hydroxylation is 1. The van der Waals surface area contributed by atoms with Crippen molar-refractivity contribution in [3.8, 4) is 0 Å². The summed E-state index contributed by atoms with van der Waals surface area (Å²) in [7, 11) is 0. The first-order chi connectivity index (χ1) is 11.8. The van der Waals surface area contributed by atoms with Crippen LogP contribution in [0.2, 0.25) is 0 Å². The first kappa shape index (κ1) is 16.7. The number of rotatable bonds is 5. The molecule has 0 aliphatic carbocycles. The van der Waals surface area contributed by atoms with Gasteiger partial charge in [0, 0.05) is 43.6 Å². The molecule has 0 atom stereocenters. The zero-order valence-corrected chi connectivity index (χ0v) is 14.2. The van der Waals surface area contributed by atoms with Crippen molar-refractivity contribution in [2.24, 2.45) is 0 Å². The summed E-state index contributed by atoms with van der Waals surface area (Å²) in [5.74, 6) is 0.0377. The number of amides is 1. The molecule has 0 bridgehead atoms. The highest BCUT2D eigenvalue weighted by atomic mass is 16.1. The number of hydrogen-bond acceptors (Lipinski definition) is 3. The van der Waals surface area contributed by atoms with Gasteiger partial charge in [-0.15, -0.1) is 0 Å². The fourth-order valence-electron chi connectivity index (χ4n) is 3.27. The summed E-state index contributed by atoms with van der Waals surface area (Å²) in [6.45, 7) is 5.09. The lowest BCUT2D eigenvalue weighted by atomic mass is 10.0. The molecule has 1 amide bonds. The summed E-state index contributed by atoms with van der Waals surface area (Å²) in [6.07, 6.45) is 6.32. The Balaban J connectivity index is 1.51. The molecule has 0 unspecified atom stereocenters. The second-order valence-corrected chi connectivity index (χ2v) is 6.40. The number of hydrogen-bond donors (Lipinski definition) is 1. The summed E-state index contributed by atoms with van der Waals surface area (Å²) >= 11 is 0. The van der Waals surface area contributed by atoms with Crippen LogP contribution in [0, 0.1) is 0 Å². The molecule has 24 heavy (non-hydrogen) atoms. The molecule has 1 fully saturated rings. The number of pyridine rings is 1. The van der Waals surface area contributed by atoms with E-state index in [4.69, 9.17) is 0 Å². The fraction of sp³-hybridized carbons (Fsp3) is 0.400. The van der Waals surface area contributed by atoms with Crippen molar-refractivity contribution >= 4 is 5.91 Å². The monoisotopic (exact) mass is 323 g/mol. The van der Waals surface area contributed by atoms with Crippen LogP contribution in [0.3, 0.4) is 0 Å². The zero-order valence-electron chi connectivity index (χ0n) is 14.2. The average Bonchev–Trinajstić information content (AvgIpc) is 2.64. The smallest absolute Gasteiger partial charge is 0.251 e. The van der Waals surface area contributed by atoms with E-state index in [1.807, 2.05) is 6.07 Å². The van der Waals surface area contributed by atoms with Crippen LogP contribution in [0.5, 0.6) is 0 Å². The largest absolute Gasteiger partial charge is 0.349 e. The van der Waals surface area contributed by atoms with Crippen molar-refractivity contribution in [1.82, 2.24) is 15.2 Å². The minimum Gasteiger partial charge on any atom is -0.349 e. The van der Waals surface area contributed by atoms with Gasteiger partial charge in [0.15, 0.2) is 0 Å². The summed E-state index contributed by atoms with van der Waals surface area (Å²) in [5, 5.41) is 3.20. The molecular formula is C20H25N3O. The van der Waals surface area contributed by atoms with Crippen LogP contribution in [0.1, 0.15) is 41.3 Å². The summed E-state index contributed by atoms with van der Waals surface area (Å²) < 4.78 is 0. The number of carbonyl (C=O) groups is 1. The van der Waals surface area contributed by atoms with Gasteiger partial charge in [0.05, 0.1) is 0 Å². The highest BCUT2D eigenvalue weighted by Crippen LogP contribution is 2.15. The van der Waals surface area contributed by atoms with Crippen LogP contribution in [-0.2, 0) is 13.0 Å². The standard InChI is InChI=1S/C20H25N3O/c1-2-17-14-21-11-8-19(17)20(24)22-18-9-12-23(13-10-18)15-16-6-4-3-5-7-16/h3-8,11,14,18H,2,9-10,12-13,15H2,1H3,(H,22,24). The van der Waals surface area contributed by atoms with Crippen molar-refractivity contribution in [1.29, 1.82) is 0 Å². The van der Waals surface area contributed by atoms with E-state index in [9.17, 15) is 4.79 Å². The molecule has 1 N–H and O–H groups in total. The van der Waals surface area contributed by atoms with Crippen LogP contribution in [0.25, 0.3) is 0 Å². The molecule has 1 aliphatic heterocycles. The van der Waals surface area contributed by atoms with Gasteiger partial charge in [0.1, 0.15) is 0 Å². The molecule has 0 spiro atoms. The quantitative estimate of drug-likeness (QED) is 0.920. The molecule has 2 aromatic rings. The lowest BCUT2D eigenvalue weighted by molar-refractivity contribution is 0.0908. The maximum absolute atomic E-state index is 12.5. The van der Waals surface area contributed by atoms with Crippen LogP contribution >= 0.6 is 0 Å². The van der Waals surface area contributed by atoms with Gasteiger partial charge in [-0.1, -0.05) is 37.3 Å². The first-order valence-electron chi connectivity index (χ1n) is 8.76. The minimum absolute atomic E-state index is 0.0377. The molecule has 1 saturated heterocycles. The van der Waals surface area contributed by atoms with Crippen LogP contribution in [0.15, 0.2) is 48.8 Å². The normalized spacial score (nSPS) is 16.0. The summed E-state index contributed by atoms with van der Waals surface area (Å²) in [4.78, 5) is 19.1. The van der Waals surface area contributed by atoms with E-state index in [2.05, 4.69) is 52.5 Å². The van der Waals surface area contributed by atoms with Gasteiger partial charge in [0.2, 0.25) is 0 Å². The van der Waals surface area contributed by atoms with Gasteiger partial charge in [-0.05, 0) is 36.5 Å². The number of likely N-dealkylation sites (tertiary alicyclic amines) is 1. The Labute approximate surface area is 143 Å². The van der Waals surface area contributed by atoms with Gasteiger partial charge in [0.25, 0.3) is 5.91 Å². The van der Waals surface area contributed by atoms with Crippen molar-refractivity contribution < 1.29 is 4.79 Å². The minimum atomic E-state index is 0.0377. The number of piperidine rings is 1. The van der Waals surface area contributed by atoms with E-state index < -0.39 is 0 Å². The molecule has 3 rings (SSSR count). The maximum atomic E-state index is 12.5. The third-order valence-electron chi connectivity index (χ3n) is 4.70. The predicted molar refractivity (Wildman–Crippen MR) is 95.8 cm³/mol. The van der Waals surface area contributed by atoms with Crippen LogP contribution in [0.4, 0.5) is 0 Å². The van der Waals surface area contributed by atoms with Crippen LogP contribution in [-0.4, -0.2) is 34.9 Å². The Morgan fingerprint density at radius 1 is 1.21 bits per heavy atom. The third-order valence-corrected chi connectivity index (χ3v) is 4.70. The second kappa shape index (κ2) is 8.06. The molecule has 1 aromatic heterocycles. The second-order valence-electron chi connectivity index (χ2n) is 6.40. The Hall–Kier alpha value is -2.20. The van der Waals surface area contributed by atoms with E-state index in [-0.39, 0.29) is 11.9 Å². The first-order valence-corrected chi connectivity index (χ1v) is 8.76. The van der Waals surface area contributed by atoms with Crippen molar-refractivity contribution in [3.63, 3.8) is 0 Å². The predicted octanol–water partition coefficient (Wildman–Crippen LogP) is 3.04. The highest BCUT2D eigenvalue weighted by molar-refractivity contribution is 5.95. The Bertz CT molecular complexity index is 664. The van der Waals surface area contributed by atoms with Crippen molar-refractivity contribution in [2.75, 3.05) is 13.1 Å². The maximum Gasteiger partial charge on any atom is 0.251 e. The molecule has 1 aromatic carbocycles. The third kappa shape index (κ3) is 4.20.